The van der Waals surface area contributed by atoms with Crippen molar-refractivity contribution >= 4 is 11.9 Å². The highest BCUT2D eigenvalue weighted by Gasteiger charge is 2.60. The van der Waals surface area contributed by atoms with Gasteiger partial charge in [-0.1, -0.05) is 25.5 Å². The van der Waals surface area contributed by atoms with Crippen LogP contribution in [-0.4, -0.2) is 29.5 Å². The Labute approximate surface area is 201 Å². The molecule has 4 aliphatic rings. The van der Waals surface area contributed by atoms with Crippen LogP contribution in [0.25, 0.3) is 0 Å². The van der Waals surface area contributed by atoms with Crippen LogP contribution in [0.5, 0.6) is 0 Å². The number of carbonyl (C=O) groups excluding carboxylic acids is 2. The topological polar surface area (TPSA) is 108 Å². The summed E-state index contributed by atoms with van der Waals surface area (Å²) in [5.41, 5.74) is 5.95. The van der Waals surface area contributed by atoms with Crippen LogP contribution in [0.3, 0.4) is 0 Å². The Morgan fingerprint density at radius 3 is 2.47 bits per heavy atom. The van der Waals surface area contributed by atoms with Gasteiger partial charge < -0.3 is 9.57 Å². The third kappa shape index (κ3) is 4.24. The van der Waals surface area contributed by atoms with Gasteiger partial charge in [0.15, 0.2) is 0 Å². The van der Waals surface area contributed by atoms with Gasteiger partial charge >= 0.3 is 11.9 Å². The van der Waals surface area contributed by atoms with E-state index < -0.39 is 5.97 Å². The standard InChI is InChI=1S/C26H38N2O6/c1-15(27-34-17(3)30)24-18(14-28(31)32)12-23-21-7-6-19-13-20(33-16(2)29)8-10-25(19,4)22(21)9-11-26(23,24)5/h6,18,20-23,27H,7-14H2,1-5H3. The zero-order valence-corrected chi connectivity index (χ0v) is 21.0. The number of nitrogens with one attached hydrogen (secondary N) is 1. The van der Waals surface area contributed by atoms with Crippen LogP contribution in [0, 0.1) is 44.6 Å². The molecule has 0 saturated heterocycles. The third-order valence-electron chi connectivity index (χ3n) is 9.46. The minimum Gasteiger partial charge on any atom is -0.462 e. The zero-order valence-electron chi connectivity index (χ0n) is 21.0. The molecule has 7 unspecified atom stereocenters. The minimum absolute atomic E-state index is 0.0253. The van der Waals surface area contributed by atoms with E-state index in [9.17, 15) is 19.7 Å². The Morgan fingerprint density at radius 1 is 1.12 bits per heavy atom. The molecular formula is C26H38N2O6. The first kappa shape index (κ1) is 24.7. The fourth-order valence-electron chi connectivity index (χ4n) is 8.23. The summed E-state index contributed by atoms with van der Waals surface area (Å²) in [5, 5.41) is 11.6. The van der Waals surface area contributed by atoms with Crippen LogP contribution >= 0.6 is 0 Å². The van der Waals surface area contributed by atoms with Crippen LogP contribution in [0.15, 0.2) is 22.9 Å². The van der Waals surface area contributed by atoms with Gasteiger partial charge in [-0.15, -0.1) is 0 Å². The third-order valence-corrected chi connectivity index (χ3v) is 9.46. The quantitative estimate of drug-likeness (QED) is 0.266. The van der Waals surface area contributed by atoms with Crippen molar-refractivity contribution in [2.75, 3.05) is 6.54 Å². The molecule has 4 rings (SSSR count). The van der Waals surface area contributed by atoms with Crippen molar-refractivity contribution in [3.05, 3.63) is 33.0 Å². The number of nitrogens with zero attached hydrogens (tertiary/aromatic N) is 1. The Kier molecular flexibility index (Phi) is 6.55. The first-order valence-corrected chi connectivity index (χ1v) is 12.6. The number of ether oxygens (including phenoxy) is 1. The van der Waals surface area contributed by atoms with Gasteiger partial charge in [0.05, 0.1) is 0 Å². The van der Waals surface area contributed by atoms with Crippen molar-refractivity contribution in [2.24, 2.45) is 34.5 Å². The molecule has 0 aromatic rings. The van der Waals surface area contributed by atoms with E-state index in [0.29, 0.717) is 17.8 Å². The summed E-state index contributed by atoms with van der Waals surface area (Å²) in [7, 11) is 0. The van der Waals surface area contributed by atoms with E-state index in [2.05, 4.69) is 25.4 Å². The maximum absolute atomic E-state index is 11.6. The Bertz CT molecular complexity index is 942. The molecule has 0 bridgehead atoms. The first-order valence-electron chi connectivity index (χ1n) is 12.6. The van der Waals surface area contributed by atoms with Crippen LogP contribution in [-0.2, 0) is 19.2 Å². The maximum atomic E-state index is 11.6. The van der Waals surface area contributed by atoms with Crippen LogP contribution in [0.1, 0.15) is 79.6 Å². The van der Waals surface area contributed by atoms with E-state index in [1.54, 1.807) is 0 Å². The van der Waals surface area contributed by atoms with Gasteiger partial charge in [-0.25, -0.2) is 5.48 Å². The van der Waals surface area contributed by atoms with Crippen molar-refractivity contribution in [3.8, 4) is 0 Å². The second-order valence-electron chi connectivity index (χ2n) is 11.4. The average molecular weight is 475 g/mol. The zero-order chi connectivity index (χ0) is 24.8. The van der Waals surface area contributed by atoms with E-state index in [1.807, 2.05) is 6.92 Å². The highest BCUT2D eigenvalue weighted by molar-refractivity contribution is 5.66. The average Bonchev–Trinajstić information content (AvgIpc) is 3.03. The summed E-state index contributed by atoms with van der Waals surface area (Å²) in [6, 6.07) is 0. The molecule has 0 radical (unpaired) electrons. The molecule has 3 saturated carbocycles. The summed E-state index contributed by atoms with van der Waals surface area (Å²) in [6.07, 6.45) is 8.88. The monoisotopic (exact) mass is 474 g/mol. The Balaban J connectivity index is 1.64. The van der Waals surface area contributed by atoms with Gasteiger partial charge in [0.1, 0.15) is 6.10 Å². The summed E-state index contributed by atoms with van der Waals surface area (Å²) in [5.74, 6) is 0.533. The summed E-state index contributed by atoms with van der Waals surface area (Å²) < 4.78 is 5.55. The molecule has 3 fully saturated rings. The molecule has 8 nitrogen and oxygen atoms in total. The molecule has 8 heteroatoms. The maximum Gasteiger partial charge on any atom is 0.329 e. The Morgan fingerprint density at radius 2 is 1.82 bits per heavy atom. The number of nitro groups is 1. The highest BCUT2D eigenvalue weighted by Crippen LogP contribution is 2.67. The van der Waals surface area contributed by atoms with E-state index in [1.165, 1.54) is 19.4 Å². The summed E-state index contributed by atoms with van der Waals surface area (Å²) in [6.45, 7) is 9.25. The lowest BCUT2D eigenvalue weighted by Gasteiger charge is -2.57. The van der Waals surface area contributed by atoms with Gasteiger partial charge in [0.2, 0.25) is 6.54 Å². The summed E-state index contributed by atoms with van der Waals surface area (Å²) in [4.78, 5) is 39.3. The molecule has 7 atom stereocenters. The summed E-state index contributed by atoms with van der Waals surface area (Å²) >= 11 is 0. The fourth-order valence-corrected chi connectivity index (χ4v) is 8.23. The van der Waals surface area contributed by atoms with Crippen molar-refractivity contribution in [1.82, 2.24) is 5.48 Å². The first-order chi connectivity index (χ1) is 16.0. The normalized spacial score (nSPS) is 40.1. The van der Waals surface area contributed by atoms with E-state index >= 15 is 0 Å². The van der Waals surface area contributed by atoms with Crippen molar-refractivity contribution in [1.29, 1.82) is 0 Å². The molecule has 1 N–H and O–H groups in total. The smallest absolute Gasteiger partial charge is 0.329 e. The number of hydroxylamine groups is 1. The molecule has 0 aliphatic heterocycles. The second kappa shape index (κ2) is 9.00. The molecule has 188 valence electrons. The highest BCUT2D eigenvalue weighted by atomic mass is 16.7. The Hall–Kier alpha value is -2.38. The molecule has 4 aliphatic carbocycles. The minimum atomic E-state index is -0.434. The number of esters is 1. The number of hydrogen-bond donors (Lipinski definition) is 1. The molecule has 0 spiro atoms. The van der Waals surface area contributed by atoms with Crippen molar-refractivity contribution in [3.63, 3.8) is 0 Å². The molecule has 0 aromatic carbocycles. The molecule has 0 heterocycles. The van der Waals surface area contributed by atoms with Crippen molar-refractivity contribution < 1.29 is 24.1 Å². The molecule has 0 amide bonds. The number of fused-ring (bicyclic) bond motifs is 5. The van der Waals surface area contributed by atoms with Crippen molar-refractivity contribution in [2.45, 2.75) is 85.7 Å². The lowest BCUT2D eigenvalue weighted by molar-refractivity contribution is -0.486. The van der Waals surface area contributed by atoms with E-state index in [-0.39, 0.29) is 40.3 Å². The van der Waals surface area contributed by atoms with Gasteiger partial charge in [-0.3, -0.25) is 19.7 Å². The second-order valence-corrected chi connectivity index (χ2v) is 11.4. The number of hydrogen-bond acceptors (Lipinski definition) is 7. The predicted molar refractivity (Wildman–Crippen MR) is 126 cm³/mol. The number of rotatable bonds is 5. The van der Waals surface area contributed by atoms with Gasteiger partial charge in [-0.05, 0) is 79.6 Å². The van der Waals surface area contributed by atoms with E-state index in [0.717, 1.165) is 56.2 Å². The lowest BCUT2D eigenvalue weighted by atomic mass is 9.48. The van der Waals surface area contributed by atoms with E-state index in [4.69, 9.17) is 9.57 Å². The van der Waals surface area contributed by atoms with Crippen LogP contribution in [0.4, 0.5) is 0 Å². The van der Waals surface area contributed by atoms with Gasteiger partial charge in [0.25, 0.3) is 0 Å². The fraction of sp³-hybridized carbons (Fsp3) is 0.769. The SMILES string of the molecule is CC(=O)ONC(C)=C1C(C[N+](=O)[O-])CC2C3CC=C4CC(OC(C)=O)CCC4(C)C3CCC12C. The predicted octanol–water partition coefficient (Wildman–Crippen LogP) is 4.73. The molecule has 0 aromatic heterocycles. The number of carbonyl (C=O) groups is 2. The van der Waals surface area contributed by atoms with Crippen LogP contribution in [0.2, 0.25) is 0 Å². The van der Waals surface area contributed by atoms with Gasteiger partial charge in [0, 0.05) is 36.8 Å². The number of allylic oxidation sites excluding steroid dienone is 2. The molecule has 34 heavy (non-hydrogen) atoms. The lowest BCUT2D eigenvalue weighted by Crippen LogP contribution is -2.50. The van der Waals surface area contributed by atoms with Gasteiger partial charge in [-0.2, -0.15) is 0 Å². The largest absolute Gasteiger partial charge is 0.462 e. The van der Waals surface area contributed by atoms with Crippen LogP contribution < -0.4 is 5.48 Å². The molecular weight excluding hydrogens is 436 g/mol.